The summed E-state index contributed by atoms with van der Waals surface area (Å²) in [4.78, 5) is 14.7. The van der Waals surface area contributed by atoms with Crippen LogP contribution in [0, 0.1) is 10.8 Å². The molecule has 2 aromatic carbocycles. The van der Waals surface area contributed by atoms with Gasteiger partial charge in [-0.05, 0) is 49.4 Å². The van der Waals surface area contributed by atoms with Crippen LogP contribution in [0.5, 0.6) is 17.2 Å². The maximum atomic E-state index is 13.3. The fraction of sp³-hybridized carbons (Fsp3) is 0.458. The Morgan fingerprint density at radius 1 is 1.06 bits per heavy atom. The molecule has 2 aliphatic heterocycles. The minimum atomic E-state index is -4.56. The number of nitrogens with zero attached hydrogens (tertiary/aromatic N) is 1. The molecule has 0 bridgehead atoms. The lowest BCUT2D eigenvalue weighted by atomic mass is 9.71. The van der Waals surface area contributed by atoms with Gasteiger partial charge in [0.2, 0.25) is 0 Å². The number of anilines is 1. The largest absolute Gasteiger partial charge is 0.494 e. The first-order chi connectivity index (χ1) is 15.5. The molecule has 1 N–H and O–H groups in total. The van der Waals surface area contributed by atoms with Crippen molar-refractivity contribution >= 4 is 11.7 Å². The lowest BCUT2D eigenvalue weighted by molar-refractivity contribution is -0.137. The van der Waals surface area contributed by atoms with E-state index in [1.54, 1.807) is 29.2 Å². The van der Waals surface area contributed by atoms with Crippen LogP contribution < -0.4 is 14.8 Å². The van der Waals surface area contributed by atoms with Crippen LogP contribution >= 0.6 is 0 Å². The Kier molecular flexibility index (Phi) is 5.94. The van der Waals surface area contributed by atoms with E-state index < -0.39 is 17.8 Å². The van der Waals surface area contributed by atoms with E-state index in [4.69, 9.17) is 14.2 Å². The van der Waals surface area contributed by atoms with Crippen molar-refractivity contribution < 1.29 is 32.2 Å². The summed E-state index contributed by atoms with van der Waals surface area (Å²) in [6.45, 7) is 8.52. The van der Waals surface area contributed by atoms with Gasteiger partial charge in [0.05, 0.1) is 31.1 Å². The monoisotopic (exact) mass is 464 g/mol. The molecule has 6 nitrogen and oxygen atoms in total. The Balaban J connectivity index is 1.57. The highest BCUT2D eigenvalue weighted by Crippen LogP contribution is 2.50. The number of amides is 2. The van der Waals surface area contributed by atoms with Crippen LogP contribution in [0.15, 0.2) is 42.5 Å². The number of urea groups is 1. The number of ether oxygens (including phenoxy) is 3. The van der Waals surface area contributed by atoms with Gasteiger partial charge in [0.25, 0.3) is 0 Å². The molecule has 33 heavy (non-hydrogen) atoms. The zero-order valence-corrected chi connectivity index (χ0v) is 18.8. The molecule has 0 unspecified atom stereocenters. The highest BCUT2D eigenvalue weighted by molar-refractivity contribution is 5.91. The second-order valence-electron chi connectivity index (χ2n) is 9.12. The molecule has 0 saturated carbocycles. The van der Waals surface area contributed by atoms with E-state index in [2.05, 4.69) is 19.2 Å². The number of alkyl halides is 3. The Hall–Kier alpha value is -2.94. The molecule has 2 aliphatic rings. The van der Waals surface area contributed by atoms with Crippen LogP contribution in [-0.2, 0) is 10.9 Å². The number of carbonyl (C=O) groups is 1. The van der Waals surface area contributed by atoms with Crippen molar-refractivity contribution in [2.75, 3.05) is 38.2 Å². The van der Waals surface area contributed by atoms with Gasteiger partial charge in [-0.25, -0.2) is 4.79 Å². The predicted molar refractivity (Wildman–Crippen MR) is 117 cm³/mol. The summed E-state index contributed by atoms with van der Waals surface area (Å²) in [6, 6.07) is 9.27. The van der Waals surface area contributed by atoms with Crippen molar-refractivity contribution in [1.29, 1.82) is 0 Å². The third kappa shape index (κ3) is 4.59. The van der Waals surface area contributed by atoms with Crippen LogP contribution in [0.4, 0.5) is 23.7 Å². The molecule has 2 heterocycles. The van der Waals surface area contributed by atoms with E-state index in [0.717, 1.165) is 12.1 Å². The van der Waals surface area contributed by atoms with Gasteiger partial charge in [0.15, 0.2) is 5.75 Å². The Morgan fingerprint density at radius 2 is 1.67 bits per heavy atom. The van der Waals surface area contributed by atoms with Gasteiger partial charge in [0, 0.05) is 23.9 Å². The molecule has 2 saturated heterocycles. The van der Waals surface area contributed by atoms with E-state index >= 15 is 0 Å². The van der Waals surface area contributed by atoms with Gasteiger partial charge in [-0.3, -0.25) is 0 Å². The zero-order chi connectivity index (χ0) is 23.9. The van der Waals surface area contributed by atoms with E-state index in [-0.39, 0.29) is 22.3 Å². The predicted octanol–water partition coefficient (Wildman–Crippen LogP) is 5.79. The lowest BCUT2D eigenvalue weighted by Gasteiger charge is -2.29. The summed E-state index contributed by atoms with van der Waals surface area (Å²) >= 11 is 0. The molecular formula is C24H27F3N2O4. The second kappa shape index (κ2) is 8.44. The Morgan fingerprint density at radius 3 is 2.24 bits per heavy atom. The normalized spacial score (nSPS) is 24.5. The van der Waals surface area contributed by atoms with Gasteiger partial charge in [-0.1, -0.05) is 13.8 Å². The van der Waals surface area contributed by atoms with Gasteiger partial charge >= 0.3 is 12.2 Å². The summed E-state index contributed by atoms with van der Waals surface area (Å²) < 4.78 is 56.9. The molecule has 2 aromatic rings. The van der Waals surface area contributed by atoms with Gasteiger partial charge in [-0.15, -0.1) is 0 Å². The molecule has 2 fully saturated rings. The molecule has 0 aliphatic carbocycles. The van der Waals surface area contributed by atoms with Crippen molar-refractivity contribution in [2.24, 2.45) is 10.8 Å². The van der Waals surface area contributed by atoms with Crippen molar-refractivity contribution in [3.05, 3.63) is 48.0 Å². The minimum absolute atomic E-state index is 0.0488. The third-order valence-electron chi connectivity index (χ3n) is 6.58. The van der Waals surface area contributed by atoms with Crippen LogP contribution in [0.1, 0.15) is 26.3 Å². The number of fused-ring (bicyclic) bond motifs is 1. The first-order valence-electron chi connectivity index (χ1n) is 10.8. The molecule has 2 atom stereocenters. The average Bonchev–Trinajstić information content (AvgIpc) is 3.17. The number of halogens is 3. The van der Waals surface area contributed by atoms with Gasteiger partial charge in [0.1, 0.15) is 11.5 Å². The second-order valence-corrected chi connectivity index (χ2v) is 9.12. The van der Waals surface area contributed by atoms with E-state index in [9.17, 15) is 18.0 Å². The first-order valence-corrected chi connectivity index (χ1v) is 10.8. The highest BCUT2D eigenvalue weighted by Gasteiger charge is 2.57. The van der Waals surface area contributed by atoms with Gasteiger partial charge < -0.3 is 24.4 Å². The SMILES string of the molecule is CCOc1ccc(Oc2ccc(C(F)(F)F)cc2NC(=O)N2C[C@]3(C)COC[C@]3(C)C2)cc1. The summed E-state index contributed by atoms with van der Waals surface area (Å²) in [5.74, 6) is 1.17. The summed E-state index contributed by atoms with van der Waals surface area (Å²) in [5.41, 5.74) is -1.31. The number of carbonyl (C=O) groups excluding carboxylic acids is 1. The molecule has 0 spiro atoms. The fourth-order valence-corrected chi connectivity index (χ4v) is 4.35. The number of rotatable bonds is 5. The first kappa shape index (κ1) is 23.2. The van der Waals surface area contributed by atoms with Crippen LogP contribution in [0.25, 0.3) is 0 Å². The van der Waals surface area contributed by atoms with Crippen molar-refractivity contribution in [3.8, 4) is 17.2 Å². The Bertz CT molecular complexity index is 1010. The summed E-state index contributed by atoms with van der Waals surface area (Å²) in [6.07, 6.45) is -4.56. The highest BCUT2D eigenvalue weighted by atomic mass is 19.4. The fourth-order valence-electron chi connectivity index (χ4n) is 4.35. The van der Waals surface area contributed by atoms with E-state index in [1.165, 1.54) is 6.07 Å². The molecule has 0 aromatic heterocycles. The number of benzene rings is 2. The summed E-state index contributed by atoms with van der Waals surface area (Å²) in [5, 5.41) is 2.64. The lowest BCUT2D eigenvalue weighted by Crippen LogP contribution is -2.35. The van der Waals surface area contributed by atoms with E-state index in [1.807, 2.05) is 6.92 Å². The topological polar surface area (TPSA) is 60.0 Å². The van der Waals surface area contributed by atoms with Crippen LogP contribution in [0.3, 0.4) is 0 Å². The van der Waals surface area contributed by atoms with Crippen LogP contribution in [0.2, 0.25) is 0 Å². The number of likely N-dealkylation sites (tertiary alicyclic amines) is 1. The Labute approximate surface area is 190 Å². The summed E-state index contributed by atoms with van der Waals surface area (Å²) in [7, 11) is 0. The molecular weight excluding hydrogens is 437 g/mol. The number of nitrogens with one attached hydrogen (secondary N) is 1. The molecule has 0 radical (unpaired) electrons. The molecule has 9 heteroatoms. The van der Waals surface area contributed by atoms with E-state index in [0.29, 0.717) is 44.4 Å². The van der Waals surface area contributed by atoms with Crippen molar-refractivity contribution in [3.63, 3.8) is 0 Å². The maximum Gasteiger partial charge on any atom is 0.416 e. The molecule has 178 valence electrons. The molecule has 2 amide bonds. The van der Waals surface area contributed by atoms with Crippen LogP contribution in [-0.4, -0.2) is 43.8 Å². The molecule has 4 rings (SSSR count). The number of hydrogen-bond acceptors (Lipinski definition) is 4. The number of hydrogen-bond donors (Lipinski definition) is 1. The zero-order valence-electron chi connectivity index (χ0n) is 18.8. The van der Waals surface area contributed by atoms with Gasteiger partial charge in [-0.2, -0.15) is 13.2 Å². The smallest absolute Gasteiger partial charge is 0.416 e. The van der Waals surface area contributed by atoms with Crippen molar-refractivity contribution in [1.82, 2.24) is 4.90 Å². The average molecular weight is 464 g/mol. The van der Waals surface area contributed by atoms with Crippen molar-refractivity contribution in [2.45, 2.75) is 26.9 Å². The maximum absolute atomic E-state index is 13.3. The minimum Gasteiger partial charge on any atom is -0.494 e. The quantitative estimate of drug-likeness (QED) is 0.609. The third-order valence-corrected chi connectivity index (χ3v) is 6.58. The standard InChI is InChI=1S/C24H27F3N2O4/c1-4-32-17-6-8-18(9-7-17)33-20-10-5-16(24(25,26)27)11-19(20)28-21(30)29-12-22(2)14-31-15-23(22,3)13-29/h5-11H,4,12-15H2,1-3H3,(H,28,30)/t22-,23+.